The second-order valence-electron chi connectivity index (χ2n) is 5.87. The van der Waals surface area contributed by atoms with Crippen LogP contribution in [0, 0.1) is 21.4 Å². The molecule has 1 aliphatic rings. The number of nitro groups is 1. The van der Waals surface area contributed by atoms with Gasteiger partial charge in [-0.05, 0) is 37.1 Å². The molecule has 2 aromatic carbocycles. The van der Waals surface area contributed by atoms with Crippen LogP contribution in [0.1, 0.15) is 18.4 Å². The number of piperidine rings is 1. The summed E-state index contributed by atoms with van der Waals surface area (Å²) < 4.78 is 0. The van der Waals surface area contributed by atoms with Gasteiger partial charge in [-0.3, -0.25) is 10.1 Å². The number of para-hydroxylation sites is 1. The number of hydrogen-bond donors (Lipinski definition) is 1. The quantitative estimate of drug-likeness (QED) is 0.687. The maximum absolute atomic E-state index is 11.4. The number of benzene rings is 2. The van der Waals surface area contributed by atoms with Crippen LogP contribution in [-0.4, -0.2) is 24.1 Å². The van der Waals surface area contributed by atoms with Gasteiger partial charge in [0.2, 0.25) is 0 Å². The van der Waals surface area contributed by atoms with Gasteiger partial charge in [-0.2, -0.15) is 5.26 Å². The molecule has 6 nitrogen and oxygen atoms in total. The van der Waals surface area contributed by atoms with Crippen LogP contribution in [0.5, 0.6) is 0 Å². The van der Waals surface area contributed by atoms with Crippen LogP contribution in [-0.2, 0) is 0 Å². The molecule has 0 radical (unpaired) electrons. The first kappa shape index (κ1) is 15.8. The molecule has 1 fully saturated rings. The highest BCUT2D eigenvalue weighted by molar-refractivity contribution is 5.66. The Bertz CT molecular complexity index is 770. The van der Waals surface area contributed by atoms with E-state index in [0.29, 0.717) is 17.8 Å². The summed E-state index contributed by atoms with van der Waals surface area (Å²) in [4.78, 5) is 13.0. The number of nitrogens with one attached hydrogen (secondary N) is 1. The molecule has 1 atom stereocenters. The van der Waals surface area contributed by atoms with Crippen LogP contribution in [0.4, 0.5) is 17.1 Å². The summed E-state index contributed by atoms with van der Waals surface area (Å²) in [7, 11) is 0. The molecule has 0 spiro atoms. The zero-order chi connectivity index (χ0) is 16.9. The van der Waals surface area contributed by atoms with E-state index < -0.39 is 4.92 Å². The molecule has 1 unspecified atom stereocenters. The molecular formula is C18H18N4O2. The molecule has 0 amide bonds. The molecule has 1 N–H and O–H groups in total. The summed E-state index contributed by atoms with van der Waals surface area (Å²) >= 11 is 0. The van der Waals surface area contributed by atoms with Crippen molar-refractivity contribution in [2.75, 3.05) is 23.3 Å². The largest absolute Gasteiger partial charge is 0.381 e. The van der Waals surface area contributed by atoms with Crippen molar-refractivity contribution < 1.29 is 4.92 Å². The van der Waals surface area contributed by atoms with Crippen molar-refractivity contribution in [2.24, 2.45) is 0 Å². The lowest BCUT2D eigenvalue weighted by molar-refractivity contribution is -0.384. The first-order valence-electron chi connectivity index (χ1n) is 7.92. The lowest BCUT2D eigenvalue weighted by atomic mass is 10.0. The molecule has 0 saturated carbocycles. The van der Waals surface area contributed by atoms with Crippen molar-refractivity contribution in [3.8, 4) is 6.07 Å². The summed E-state index contributed by atoms with van der Waals surface area (Å²) in [5.41, 5.74) is 1.94. The van der Waals surface area contributed by atoms with Gasteiger partial charge in [-0.1, -0.05) is 18.2 Å². The Morgan fingerprint density at radius 1 is 1.25 bits per heavy atom. The number of nitrogens with zero attached hydrogens (tertiary/aromatic N) is 3. The molecule has 0 aromatic heterocycles. The standard InChI is InChI=1S/C18H18N4O2/c19-12-14-8-9-17(18(11-14)22(23)24)21-10-4-7-16(13-21)20-15-5-2-1-3-6-15/h1-3,5-6,8-9,11,16,20H,4,7,10,13H2. The minimum atomic E-state index is -0.412. The van der Waals surface area contributed by atoms with E-state index in [2.05, 4.69) is 5.32 Å². The number of anilines is 2. The van der Waals surface area contributed by atoms with Gasteiger partial charge in [-0.25, -0.2) is 0 Å². The van der Waals surface area contributed by atoms with Crippen molar-refractivity contribution in [1.82, 2.24) is 0 Å². The number of nitriles is 1. The molecule has 1 aliphatic heterocycles. The third-order valence-corrected chi connectivity index (χ3v) is 4.21. The molecule has 3 rings (SSSR count). The highest BCUT2D eigenvalue weighted by Gasteiger charge is 2.25. The van der Waals surface area contributed by atoms with Crippen LogP contribution in [0.3, 0.4) is 0 Å². The Labute approximate surface area is 140 Å². The number of nitro benzene ring substituents is 1. The van der Waals surface area contributed by atoms with Gasteiger partial charge in [0.25, 0.3) is 5.69 Å². The topological polar surface area (TPSA) is 82.2 Å². The van der Waals surface area contributed by atoms with E-state index in [4.69, 9.17) is 5.26 Å². The van der Waals surface area contributed by atoms with Gasteiger partial charge in [-0.15, -0.1) is 0 Å². The first-order chi connectivity index (χ1) is 11.7. The molecule has 2 aromatic rings. The van der Waals surface area contributed by atoms with Gasteiger partial charge >= 0.3 is 0 Å². The van der Waals surface area contributed by atoms with Crippen LogP contribution < -0.4 is 10.2 Å². The van der Waals surface area contributed by atoms with E-state index in [0.717, 1.165) is 25.1 Å². The van der Waals surface area contributed by atoms with Crippen LogP contribution in [0.2, 0.25) is 0 Å². The van der Waals surface area contributed by atoms with Crippen molar-refractivity contribution in [3.63, 3.8) is 0 Å². The fourth-order valence-corrected chi connectivity index (χ4v) is 3.09. The van der Waals surface area contributed by atoms with E-state index in [9.17, 15) is 10.1 Å². The smallest absolute Gasteiger partial charge is 0.293 e. The lowest BCUT2D eigenvalue weighted by Gasteiger charge is -2.35. The van der Waals surface area contributed by atoms with E-state index in [1.54, 1.807) is 12.1 Å². The Morgan fingerprint density at radius 2 is 2.04 bits per heavy atom. The summed E-state index contributed by atoms with van der Waals surface area (Å²) in [5, 5.41) is 23.8. The van der Waals surface area contributed by atoms with Crippen LogP contribution >= 0.6 is 0 Å². The Kier molecular flexibility index (Phi) is 4.62. The minimum absolute atomic E-state index is 0.00517. The van der Waals surface area contributed by atoms with E-state index >= 15 is 0 Å². The average Bonchev–Trinajstić information content (AvgIpc) is 2.62. The maximum atomic E-state index is 11.4. The van der Waals surface area contributed by atoms with Crippen LogP contribution in [0.25, 0.3) is 0 Å². The zero-order valence-corrected chi connectivity index (χ0v) is 13.2. The SMILES string of the molecule is N#Cc1ccc(N2CCCC(Nc3ccccc3)C2)c([N+](=O)[O-])c1. The van der Waals surface area contributed by atoms with Crippen molar-refractivity contribution >= 4 is 17.1 Å². The Morgan fingerprint density at radius 3 is 2.75 bits per heavy atom. The minimum Gasteiger partial charge on any atom is -0.381 e. The van der Waals surface area contributed by atoms with Gasteiger partial charge in [0.15, 0.2) is 0 Å². The van der Waals surface area contributed by atoms with Gasteiger partial charge in [0.1, 0.15) is 5.69 Å². The summed E-state index contributed by atoms with van der Waals surface area (Å²) in [6.45, 7) is 1.47. The molecule has 1 heterocycles. The molecule has 24 heavy (non-hydrogen) atoms. The molecule has 122 valence electrons. The number of hydrogen-bond acceptors (Lipinski definition) is 5. The van der Waals surface area contributed by atoms with E-state index in [1.807, 2.05) is 41.3 Å². The fraction of sp³-hybridized carbons (Fsp3) is 0.278. The highest BCUT2D eigenvalue weighted by atomic mass is 16.6. The van der Waals surface area contributed by atoms with Crippen molar-refractivity contribution in [1.29, 1.82) is 5.26 Å². The van der Waals surface area contributed by atoms with Gasteiger partial charge in [0.05, 0.1) is 16.6 Å². The monoisotopic (exact) mass is 322 g/mol. The average molecular weight is 322 g/mol. The molecule has 1 saturated heterocycles. The molecule has 6 heteroatoms. The summed E-state index contributed by atoms with van der Waals surface area (Å²) in [5.74, 6) is 0. The predicted molar refractivity (Wildman–Crippen MR) is 93.1 cm³/mol. The molecular weight excluding hydrogens is 304 g/mol. The molecule has 0 bridgehead atoms. The van der Waals surface area contributed by atoms with E-state index in [-0.39, 0.29) is 11.7 Å². The Balaban J connectivity index is 1.80. The second-order valence-corrected chi connectivity index (χ2v) is 5.87. The third-order valence-electron chi connectivity index (χ3n) is 4.21. The maximum Gasteiger partial charge on any atom is 0.293 e. The predicted octanol–water partition coefficient (Wildman–Crippen LogP) is 3.55. The fourth-order valence-electron chi connectivity index (χ4n) is 3.09. The normalized spacial score (nSPS) is 17.1. The van der Waals surface area contributed by atoms with Crippen LogP contribution in [0.15, 0.2) is 48.5 Å². The van der Waals surface area contributed by atoms with E-state index in [1.165, 1.54) is 6.07 Å². The number of rotatable bonds is 4. The van der Waals surface area contributed by atoms with Gasteiger partial charge < -0.3 is 10.2 Å². The first-order valence-corrected chi connectivity index (χ1v) is 7.92. The lowest BCUT2D eigenvalue weighted by Crippen LogP contribution is -2.42. The Hall–Kier alpha value is -3.07. The molecule has 0 aliphatic carbocycles. The van der Waals surface area contributed by atoms with Crippen molar-refractivity contribution in [3.05, 3.63) is 64.2 Å². The second kappa shape index (κ2) is 7.01. The summed E-state index contributed by atoms with van der Waals surface area (Å²) in [6.07, 6.45) is 1.98. The highest BCUT2D eigenvalue weighted by Crippen LogP contribution is 2.31. The van der Waals surface area contributed by atoms with Gasteiger partial charge in [0, 0.05) is 30.9 Å². The summed E-state index contributed by atoms with van der Waals surface area (Å²) in [6, 6.07) is 16.8. The third kappa shape index (κ3) is 3.46. The zero-order valence-electron chi connectivity index (χ0n) is 13.2. The van der Waals surface area contributed by atoms with Crippen molar-refractivity contribution in [2.45, 2.75) is 18.9 Å².